The van der Waals surface area contributed by atoms with Crippen LogP contribution in [0.15, 0.2) is 45.7 Å². The quantitative estimate of drug-likeness (QED) is 0.725. The summed E-state index contributed by atoms with van der Waals surface area (Å²) in [5.41, 5.74) is 7.87. The molecule has 6 nitrogen and oxygen atoms in total. The van der Waals surface area contributed by atoms with Crippen LogP contribution in [0.25, 0.3) is 22.8 Å². The number of ether oxygens (including phenoxy) is 1. The summed E-state index contributed by atoms with van der Waals surface area (Å²) in [6.45, 7) is 0. The minimum atomic E-state index is 0.358. The topological polar surface area (TPSA) is 87.3 Å². The fourth-order valence-electron chi connectivity index (χ4n) is 1.70. The van der Waals surface area contributed by atoms with Crippen LogP contribution in [0.5, 0.6) is 5.75 Å². The fourth-order valence-corrected chi connectivity index (χ4v) is 1.70. The molecule has 0 aliphatic rings. The van der Waals surface area contributed by atoms with E-state index in [1.165, 1.54) is 0 Å². The van der Waals surface area contributed by atoms with Crippen LogP contribution in [-0.4, -0.2) is 17.3 Å². The number of nitrogens with two attached hydrogens (primary N) is 1. The molecular formula is C13H11N3O3. The van der Waals surface area contributed by atoms with E-state index in [0.717, 1.165) is 5.56 Å². The average molecular weight is 257 g/mol. The lowest BCUT2D eigenvalue weighted by atomic mass is 10.1. The predicted octanol–water partition coefficient (Wildman–Crippen LogP) is 2.59. The molecule has 0 spiro atoms. The van der Waals surface area contributed by atoms with Crippen molar-refractivity contribution in [1.29, 1.82) is 0 Å². The lowest BCUT2D eigenvalue weighted by Gasteiger charge is -2.03. The molecule has 2 aromatic heterocycles. The van der Waals surface area contributed by atoms with Crippen LogP contribution in [0.3, 0.4) is 0 Å². The summed E-state index contributed by atoms with van der Waals surface area (Å²) >= 11 is 0. The Hall–Kier alpha value is -2.76. The Balaban J connectivity index is 1.99. The van der Waals surface area contributed by atoms with E-state index in [9.17, 15) is 0 Å². The van der Waals surface area contributed by atoms with E-state index in [-0.39, 0.29) is 0 Å². The highest BCUT2D eigenvalue weighted by atomic mass is 16.5. The van der Waals surface area contributed by atoms with Gasteiger partial charge in [-0.1, -0.05) is 5.16 Å². The van der Waals surface area contributed by atoms with E-state index in [4.69, 9.17) is 19.4 Å². The summed E-state index contributed by atoms with van der Waals surface area (Å²) in [6, 6.07) is 7.03. The summed E-state index contributed by atoms with van der Waals surface area (Å²) < 4.78 is 15.3. The fraction of sp³-hybridized carbons (Fsp3) is 0.0769. The van der Waals surface area contributed by atoms with Gasteiger partial charge in [0.2, 0.25) is 5.82 Å². The second-order valence-corrected chi connectivity index (χ2v) is 3.89. The van der Waals surface area contributed by atoms with Gasteiger partial charge in [0.1, 0.15) is 12.0 Å². The molecule has 2 heterocycles. The van der Waals surface area contributed by atoms with Crippen molar-refractivity contribution in [2.75, 3.05) is 12.8 Å². The molecular weight excluding hydrogens is 246 g/mol. The molecule has 19 heavy (non-hydrogen) atoms. The van der Waals surface area contributed by atoms with Crippen molar-refractivity contribution in [2.45, 2.75) is 0 Å². The maximum atomic E-state index is 5.93. The van der Waals surface area contributed by atoms with Crippen molar-refractivity contribution in [3.63, 3.8) is 0 Å². The largest absolute Gasteiger partial charge is 0.497 e. The molecule has 0 fully saturated rings. The number of benzene rings is 1. The minimum absolute atomic E-state index is 0.358. The lowest BCUT2D eigenvalue weighted by molar-refractivity contribution is 0.414. The Bertz CT molecular complexity index is 689. The van der Waals surface area contributed by atoms with Crippen LogP contribution < -0.4 is 10.5 Å². The van der Waals surface area contributed by atoms with Crippen molar-refractivity contribution >= 4 is 5.69 Å². The van der Waals surface area contributed by atoms with Crippen molar-refractivity contribution in [2.24, 2.45) is 0 Å². The number of anilines is 1. The van der Waals surface area contributed by atoms with Gasteiger partial charge in [-0.2, -0.15) is 4.98 Å². The molecule has 1 aromatic carbocycles. The maximum Gasteiger partial charge on any atom is 0.260 e. The van der Waals surface area contributed by atoms with Gasteiger partial charge in [-0.15, -0.1) is 0 Å². The monoisotopic (exact) mass is 257 g/mol. The van der Waals surface area contributed by atoms with E-state index in [1.54, 1.807) is 43.9 Å². The highest BCUT2D eigenvalue weighted by molar-refractivity contribution is 5.72. The number of hydrogen-bond donors (Lipinski definition) is 1. The standard InChI is InChI=1S/C13H11N3O3/c1-17-9-2-3-10(11(14)6-9)13-15-12(16-19-13)8-4-5-18-7-8/h2-7H,14H2,1H3. The number of nitrogen functional groups attached to an aromatic ring is 1. The molecule has 0 unspecified atom stereocenters. The molecule has 2 N–H and O–H groups in total. The van der Waals surface area contributed by atoms with Gasteiger partial charge in [-0.05, 0) is 18.2 Å². The van der Waals surface area contributed by atoms with Crippen LogP contribution in [0.1, 0.15) is 0 Å². The zero-order valence-electron chi connectivity index (χ0n) is 10.2. The molecule has 6 heteroatoms. The van der Waals surface area contributed by atoms with Crippen LogP contribution >= 0.6 is 0 Å². The second kappa shape index (κ2) is 4.49. The first-order chi connectivity index (χ1) is 9.28. The smallest absolute Gasteiger partial charge is 0.260 e. The number of hydrogen-bond acceptors (Lipinski definition) is 6. The second-order valence-electron chi connectivity index (χ2n) is 3.89. The summed E-state index contributed by atoms with van der Waals surface area (Å²) in [4.78, 5) is 4.28. The molecule has 0 aliphatic heterocycles. The molecule has 0 bridgehead atoms. The zero-order valence-corrected chi connectivity index (χ0v) is 10.2. The first-order valence-electron chi connectivity index (χ1n) is 5.58. The first-order valence-corrected chi connectivity index (χ1v) is 5.58. The number of nitrogens with zero attached hydrogens (tertiary/aromatic N) is 2. The number of furan rings is 1. The third-order valence-electron chi connectivity index (χ3n) is 2.69. The molecule has 0 amide bonds. The van der Waals surface area contributed by atoms with E-state index in [0.29, 0.717) is 28.7 Å². The predicted molar refractivity (Wildman–Crippen MR) is 68.4 cm³/mol. The first kappa shape index (κ1) is 11.3. The lowest BCUT2D eigenvalue weighted by Crippen LogP contribution is -1.92. The summed E-state index contributed by atoms with van der Waals surface area (Å²) in [7, 11) is 1.58. The van der Waals surface area contributed by atoms with Gasteiger partial charge in [0.05, 0.1) is 24.5 Å². The van der Waals surface area contributed by atoms with Gasteiger partial charge >= 0.3 is 0 Å². The van der Waals surface area contributed by atoms with Gasteiger partial charge in [0, 0.05) is 11.8 Å². The van der Waals surface area contributed by atoms with Gasteiger partial charge in [-0.3, -0.25) is 0 Å². The Labute approximate surface area is 108 Å². The Morgan fingerprint density at radius 3 is 2.84 bits per heavy atom. The normalized spacial score (nSPS) is 10.6. The number of methoxy groups -OCH3 is 1. The van der Waals surface area contributed by atoms with Crippen LogP contribution in [0.4, 0.5) is 5.69 Å². The number of aromatic nitrogens is 2. The summed E-state index contributed by atoms with van der Waals surface area (Å²) in [5.74, 6) is 1.49. The molecule has 0 atom stereocenters. The highest BCUT2D eigenvalue weighted by Crippen LogP contribution is 2.29. The molecule has 3 rings (SSSR count). The Kier molecular flexibility index (Phi) is 2.68. The summed E-state index contributed by atoms with van der Waals surface area (Å²) in [5, 5.41) is 3.89. The van der Waals surface area contributed by atoms with Gasteiger partial charge in [0.15, 0.2) is 0 Å². The maximum absolute atomic E-state index is 5.93. The summed E-state index contributed by atoms with van der Waals surface area (Å²) in [6.07, 6.45) is 3.10. The molecule has 0 saturated carbocycles. The van der Waals surface area contributed by atoms with E-state index in [2.05, 4.69) is 10.1 Å². The third kappa shape index (κ3) is 2.03. The third-order valence-corrected chi connectivity index (χ3v) is 2.69. The van der Waals surface area contributed by atoms with Crippen LogP contribution in [0, 0.1) is 0 Å². The van der Waals surface area contributed by atoms with E-state index >= 15 is 0 Å². The van der Waals surface area contributed by atoms with Gasteiger partial charge < -0.3 is 19.4 Å². The SMILES string of the molecule is COc1ccc(-c2nc(-c3ccoc3)no2)c(N)c1. The van der Waals surface area contributed by atoms with Crippen molar-refractivity contribution in [3.8, 4) is 28.6 Å². The van der Waals surface area contributed by atoms with Gasteiger partial charge in [0.25, 0.3) is 5.89 Å². The Morgan fingerprint density at radius 2 is 2.16 bits per heavy atom. The van der Waals surface area contributed by atoms with Crippen molar-refractivity contribution < 1.29 is 13.7 Å². The van der Waals surface area contributed by atoms with E-state index < -0.39 is 0 Å². The van der Waals surface area contributed by atoms with Crippen molar-refractivity contribution in [1.82, 2.24) is 10.1 Å². The van der Waals surface area contributed by atoms with Gasteiger partial charge in [-0.25, -0.2) is 0 Å². The Morgan fingerprint density at radius 1 is 1.26 bits per heavy atom. The molecule has 96 valence electrons. The van der Waals surface area contributed by atoms with Crippen LogP contribution in [0.2, 0.25) is 0 Å². The highest BCUT2D eigenvalue weighted by Gasteiger charge is 2.14. The average Bonchev–Trinajstić information content (AvgIpc) is 3.09. The van der Waals surface area contributed by atoms with E-state index in [1.807, 2.05) is 0 Å². The molecule has 3 aromatic rings. The molecule has 0 radical (unpaired) electrons. The molecule has 0 aliphatic carbocycles. The number of rotatable bonds is 3. The zero-order chi connectivity index (χ0) is 13.2. The van der Waals surface area contributed by atoms with Crippen molar-refractivity contribution in [3.05, 3.63) is 36.8 Å². The van der Waals surface area contributed by atoms with Crippen LogP contribution in [-0.2, 0) is 0 Å². The minimum Gasteiger partial charge on any atom is -0.497 e. The molecule has 0 saturated heterocycles.